The smallest absolute Gasteiger partial charge is 0.139 e. The Hall–Kier alpha value is -1.62. The average molecular weight is 265 g/mol. The molecule has 0 spiro atoms. The van der Waals surface area contributed by atoms with E-state index in [0.717, 1.165) is 37.9 Å². The monoisotopic (exact) mass is 265 g/mol. The van der Waals surface area contributed by atoms with Crippen LogP contribution < -0.4 is 11.1 Å². The number of amidine groups is 1. The molecule has 19 heavy (non-hydrogen) atoms. The zero-order valence-electron chi connectivity index (χ0n) is 10.9. The lowest BCUT2D eigenvalue weighted by atomic mass is 10.0. The number of halogens is 1. The van der Waals surface area contributed by atoms with E-state index in [2.05, 4.69) is 10.5 Å². The maximum atomic E-state index is 13.0. The first-order valence-electron chi connectivity index (χ1n) is 6.55. The summed E-state index contributed by atoms with van der Waals surface area (Å²) in [5.41, 5.74) is 6.70. The Morgan fingerprint density at radius 3 is 2.89 bits per heavy atom. The highest BCUT2D eigenvalue weighted by atomic mass is 19.1. The Kier molecular flexibility index (Phi) is 4.37. The highest BCUT2D eigenvalue weighted by molar-refractivity contribution is 5.80. The molecule has 0 aliphatic heterocycles. The van der Waals surface area contributed by atoms with E-state index in [-0.39, 0.29) is 11.2 Å². The third-order valence-corrected chi connectivity index (χ3v) is 3.62. The van der Waals surface area contributed by atoms with E-state index in [1.54, 1.807) is 12.1 Å². The van der Waals surface area contributed by atoms with E-state index in [4.69, 9.17) is 10.9 Å². The van der Waals surface area contributed by atoms with Crippen LogP contribution in [0.2, 0.25) is 0 Å². The molecule has 4 N–H and O–H groups in total. The van der Waals surface area contributed by atoms with Gasteiger partial charge in [0, 0.05) is 13.0 Å². The third-order valence-electron chi connectivity index (χ3n) is 3.62. The van der Waals surface area contributed by atoms with Crippen LogP contribution >= 0.6 is 0 Å². The maximum Gasteiger partial charge on any atom is 0.139 e. The fourth-order valence-electron chi connectivity index (χ4n) is 2.29. The van der Waals surface area contributed by atoms with Gasteiger partial charge >= 0.3 is 0 Å². The van der Waals surface area contributed by atoms with E-state index >= 15 is 0 Å². The van der Waals surface area contributed by atoms with Crippen LogP contribution in [0.3, 0.4) is 0 Å². The van der Waals surface area contributed by atoms with Gasteiger partial charge in [0.25, 0.3) is 0 Å². The van der Waals surface area contributed by atoms with Gasteiger partial charge in [0.05, 0.1) is 0 Å². The molecule has 5 heteroatoms. The van der Waals surface area contributed by atoms with E-state index in [1.165, 1.54) is 6.07 Å². The summed E-state index contributed by atoms with van der Waals surface area (Å²) >= 11 is 0. The fourth-order valence-corrected chi connectivity index (χ4v) is 2.29. The predicted molar refractivity (Wildman–Crippen MR) is 72.7 cm³/mol. The first-order chi connectivity index (χ1) is 9.13. The van der Waals surface area contributed by atoms with E-state index in [1.807, 2.05) is 6.07 Å². The number of oxime groups is 1. The molecule has 1 aromatic carbocycles. The molecule has 1 fully saturated rings. The zero-order valence-corrected chi connectivity index (χ0v) is 10.9. The summed E-state index contributed by atoms with van der Waals surface area (Å²) in [5, 5.41) is 15.0. The summed E-state index contributed by atoms with van der Waals surface area (Å²) in [6, 6.07) is 6.66. The van der Waals surface area contributed by atoms with Crippen molar-refractivity contribution in [2.24, 2.45) is 16.3 Å². The van der Waals surface area contributed by atoms with Gasteiger partial charge in [0.15, 0.2) is 0 Å². The summed E-state index contributed by atoms with van der Waals surface area (Å²) in [4.78, 5) is 0. The zero-order chi connectivity index (χ0) is 13.7. The van der Waals surface area contributed by atoms with Crippen molar-refractivity contribution in [2.45, 2.75) is 25.7 Å². The number of benzene rings is 1. The Labute approximate surface area is 112 Å². The second kappa shape index (κ2) is 6.02. The summed E-state index contributed by atoms with van der Waals surface area (Å²) in [6.45, 7) is 1.67. The minimum absolute atomic E-state index is 0.165. The van der Waals surface area contributed by atoms with Crippen LogP contribution in [-0.2, 0) is 6.42 Å². The molecule has 2 rings (SSSR count). The Bertz CT molecular complexity index is 458. The Morgan fingerprint density at radius 1 is 1.47 bits per heavy atom. The number of nitrogens with two attached hydrogens (primary N) is 1. The normalized spacial score (nSPS) is 17.4. The molecule has 0 bridgehead atoms. The second-order valence-corrected chi connectivity index (χ2v) is 5.32. The predicted octanol–water partition coefficient (Wildman–Crippen LogP) is 1.87. The van der Waals surface area contributed by atoms with Crippen LogP contribution in [0.4, 0.5) is 4.39 Å². The molecule has 0 unspecified atom stereocenters. The van der Waals surface area contributed by atoms with Crippen molar-refractivity contribution in [3.8, 4) is 0 Å². The van der Waals surface area contributed by atoms with Gasteiger partial charge in [-0.25, -0.2) is 4.39 Å². The average Bonchev–Trinajstić information content (AvgIpc) is 3.15. The summed E-state index contributed by atoms with van der Waals surface area (Å²) in [7, 11) is 0. The fraction of sp³-hybridized carbons (Fsp3) is 0.500. The van der Waals surface area contributed by atoms with Crippen molar-refractivity contribution in [2.75, 3.05) is 13.1 Å². The molecule has 1 aliphatic rings. The number of hydrogen-bond acceptors (Lipinski definition) is 3. The Morgan fingerprint density at radius 2 is 2.26 bits per heavy atom. The molecular formula is C14H20FN3O. The molecule has 1 aliphatic carbocycles. The number of hydrogen-bond donors (Lipinski definition) is 3. The van der Waals surface area contributed by atoms with E-state index in [9.17, 15) is 4.39 Å². The number of rotatable bonds is 7. The van der Waals surface area contributed by atoms with Gasteiger partial charge in [-0.2, -0.15) is 0 Å². The van der Waals surface area contributed by atoms with Crippen LogP contribution in [0.15, 0.2) is 29.4 Å². The van der Waals surface area contributed by atoms with Crippen molar-refractivity contribution in [1.82, 2.24) is 5.32 Å². The molecule has 1 aromatic rings. The molecular weight excluding hydrogens is 245 g/mol. The lowest BCUT2D eigenvalue weighted by Crippen LogP contribution is -2.29. The lowest BCUT2D eigenvalue weighted by molar-refractivity contribution is 0.314. The van der Waals surface area contributed by atoms with Gasteiger partial charge in [-0.05, 0) is 48.9 Å². The SMILES string of the molecule is NC(CC1(CNCCc2cccc(F)c2)CC1)=NO. The molecule has 4 nitrogen and oxygen atoms in total. The molecule has 0 heterocycles. The quantitative estimate of drug-likeness (QED) is 0.232. The van der Waals surface area contributed by atoms with E-state index < -0.39 is 0 Å². The van der Waals surface area contributed by atoms with Crippen molar-refractivity contribution >= 4 is 5.84 Å². The van der Waals surface area contributed by atoms with Gasteiger partial charge < -0.3 is 16.3 Å². The maximum absolute atomic E-state index is 13.0. The van der Waals surface area contributed by atoms with Crippen molar-refractivity contribution < 1.29 is 9.60 Å². The second-order valence-electron chi connectivity index (χ2n) is 5.32. The molecule has 0 amide bonds. The minimum Gasteiger partial charge on any atom is -0.409 e. The molecule has 0 aromatic heterocycles. The van der Waals surface area contributed by atoms with E-state index in [0.29, 0.717) is 12.3 Å². The van der Waals surface area contributed by atoms with Gasteiger partial charge in [0.1, 0.15) is 11.7 Å². The van der Waals surface area contributed by atoms with Crippen LogP contribution in [0.1, 0.15) is 24.8 Å². The van der Waals surface area contributed by atoms with Crippen LogP contribution in [0.25, 0.3) is 0 Å². The highest BCUT2D eigenvalue weighted by Crippen LogP contribution is 2.48. The topological polar surface area (TPSA) is 70.6 Å². The summed E-state index contributed by atoms with van der Waals surface area (Å²) < 4.78 is 13.0. The van der Waals surface area contributed by atoms with Gasteiger partial charge in [-0.15, -0.1) is 0 Å². The van der Waals surface area contributed by atoms with Crippen LogP contribution in [-0.4, -0.2) is 24.1 Å². The van der Waals surface area contributed by atoms with Crippen molar-refractivity contribution in [3.05, 3.63) is 35.6 Å². The summed E-state index contributed by atoms with van der Waals surface area (Å²) in [5.74, 6) is 0.104. The number of nitrogens with one attached hydrogen (secondary N) is 1. The molecule has 0 radical (unpaired) electrons. The van der Waals surface area contributed by atoms with Gasteiger partial charge in [-0.3, -0.25) is 0 Å². The molecule has 104 valence electrons. The summed E-state index contributed by atoms with van der Waals surface area (Å²) in [6.07, 6.45) is 3.65. The van der Waals surface area contributed by atoms with Crippen molar-refractivity contribution in [1.29, 1.82) is 0 Å². The van der Waals surface area contributed by atoms with Gasteiger partial charge in [-0.1, -0.05) is 17.3 Å². The molecule has 1 saturated carbocycles. The standard InChI is InChI=1S/C14H20FN3O/c15-12-3-1-2-11(8-12)4-7-17-10-14(5-6-14)9-13(16)18-19/h1-3,8,17,19H,4-7,9-10H2,(H2,16,18). The van der Waals surface area contributed by atoms with Crippen LogP contribution in [0, 0.1) is 11.2 Å². The van der Waals surface area contributed by atoms with Crippen LogP contribution in [0.5, 0.6) is 0 Å². The largest absolute Gasteiger partial charge is 0.409 e. The molecule has 0 atom stereocenters. The minimum atomic E-state index is -0.192. The lowest BCUT2D eigenvalue weighted by Gasteiger charge is -2.15. The first kappa shape index (κ1) is 13.8. The van der Waals surface area contributed by atoms with Gasteiger partial charge in [0.2, 0.25) is 0 Å². The first-order valence-corrected chi connectivity index (χ1v) is 6.55. The Balaban J connectivity index is 1.70. The third kappa shape index (κ3) is 4.21. The molecule has 0 saturated heterocycles. The van der Waals surface area contributed by atoms with Crippen molar-refractivity contribution in [3.63, 3.8) is 0 Å². The number of nitrogens with zero attached hydrogens (tertiary/aromatic N) is 1. The highest BCUT2D eigenvalue weighted by Gasteiger charge is 2.42.